The molecule has 0 aliphatic carbocycles. The first kappa shape index (κ1) is 42.1. The highest BCUT2D eigenvalue weighted by molar-refractivity contribution is 5.98. The van der Waals surface area contributed by atoms with E-state index >= 15 is 0 Å². The van der Waals surface area contributed by atoms with Gasteiger partial charge in [0.05, 0.1) is 6.10 Å². The van der Waals surface area contributed by atoms with Crippen molar-refractivity contribution in [3.05, 3.63) is 71.8 Å². The van der Waals surface area contributed by atoms with Crippen molar-refractivity contribution in [2.24, 2.45) is 0 Å². The number of benzene rings is 2. The van der Waals surface area contributed by atoms with Crippen molar-refractivity contribution in [1.82, 2.24) is 20.9 Å². The number of hydrogen-bond donors (Lipinski definition) is 3. The second-order valence-corrected chi connectivity index (χ2v) is 15.9. The van der Waals surface area contributed by atoms with Crippen molar-refractivity contribution in [3.63, 3.8) is 0 Å². The van der Waals surface area contributed by atoms with E-state index in [0.29, 0.717) is 45.1 Å². The van der Waals surface area contributed by atoms with Gasteiger partial charge in [-0.2, -0.15) is 0 Å². The van der Waals surface area contributed by atoms with Crippen molar-refractivity contribution in [2.75, 3.05) is 6.54 Å². The molecule has 10 heteroatoms. The van der Waals surface area contributed by atoms with Crippen molar-refractivity contribution in [2.45, 2.75) is 172 Å². The number of fused-ring (bicyclic) bond motifs is 1. The topological polar surface area (TPSA) is 137 Å². The summed E-state index contributed by atoms with van der Waals surface area (Å²) in [6.45, 7) is 2.65. The van der Waals surface area contributed by atoms with Crippen LogP contribution in [0.5, 0.6) is 0 Å². The molecular weight excluding hydrogens is 693 g/mol. The standard InChI is InChI=1S/C45H64N4O6/c1-2-3-4-5-6-7-8-9-19-29-40-41(55-40)39(50)28-18-12-17-26-35-42(51)47-36(31-33-22-13-10-14-23-33)43(52)48-37(32-34-24-15-11-16-25-34)45(54)49-30-21-20-27-38(49)44(53)46-35/h10-11,13-16,22-25,35-38,40-41H,2-9,12,17-21,26-32H2,1H3,(H,46,53)(H,47,51)(H,48,52)/t35-,36-,37-,38+,40+,41+/m0/s1. The number of Topliss-reactive ketones (excluding diaryl/α,β-unsaturated/α-hetero) is 1. The number of carbonyl (C=O) groups excluding carboxylic acids is 5. The molecule has 0 saturated carbocycles. The minimum absolute atomic E-state index is 0.0630. The molecule has 3 heterocycles. The van der Waals surface area contributed by atoms with Gasteiger partial charge in [-0.1, -0.05) is 138 Å². The van der Waals surface area contributed by atoms with Crippen LogP contribution in [0, 0.1) is 0 Å². The maximum absolute atomic E-state index is 14.2. The van der Waals surface area contributed by atoms with Crippen LogP contribution in [0.3, 0.4) is 0 Å². The van der Waals surface area contributed by atoms with E-state index in [1.807, 2.05) is 60.7 Å². The molecule has 3 saturated heterocycles. The SMILES string of the molecule is CCCCCCCCCCC[C@H]1O[C@@H]1C(=O)CCCCC[C@@H]1NC(=O)[C@H]2CCCCN2C(=O)[C@H](Cc2ccccc2)NC(=O)[C@H](Cc2ccccc2)NC1=O. The van der Waals surface area contributed by atoms with Crippen molar-refractivity contribution in [3.8, 4) is 0 Å². The maximum Gasteiger partial charge on any atom is 0.246 e. The number of hydrogen-bond acceptors (Lipinski definition) is 6. The second kappa shape index (κ2) is 22.5. The summed E-state index contributed by atoms with van der Waals surface area (Å²) < 4.78 is 5.73. The molecular formula is C45H64N4O6. The average molecular weight is 757 g/mol. The summed E-state index contributed by atoms with van der Waals surface area (Å²) in [4.78, 5) is 70.5. The molecule has 6 atom stereocenters. The van der Waals surface area contributed by atoms with Gasteiger partial charge in [0.1, 0.15) is 30.3 Å². The summed E-state index contributed by atoms with van der Waals surface area (Å²) in [5.41, 5.74) is 1.74. The highest BCUT2D eigenvalue weighted by atomic mass is 16.6. The molecule has 300 valence electrons. The lowest BCUT2D eigenvalue weighted by Gasteiger charge is -2.38. The average Bonchev–Trinajstić information content (AvgIpc) is 3.99. The third-order valence-electron chi connectivity index (χ3n) is 11.4. The number of unbranched alkanes of at least 4 members (excludes halogenated alkanes) is 10. The minimum atomic E-state index is -0.961. The van der Waals surface area contributed by atoms with E-state index < -0.39 is 36.0 Å². The normalized spacial score (nSPS) is 24.5. The number of nitrogens with one attached hydrogen (secondary N) is 3. The lowest BCUT2D eigenvalue weighted by Crippen LogP contribution is -2.63. The van der Waals surface area contributed by atoms with Crippen LogP contribution < -0.4 is 16.0 Å². The van der Waals surface area contributed by atoms with Crippen molar-refractivity contribution >= 4 is 29.4 Å². The van der Waals surface area contributed by atoms with Crippen molar-refractivity contribution in [1.29, 1.82) is 0 Å². The number of rotatable bonds is 21. The first-order chi connectivity index (χ1) is 26.8. The molecule has 0 unspecified atom stereocenters. The predicted octanol–water partition coefficient (Wildman–Crippen LogP) is 6.53. The number of ketones is 1. The van der Waals surface area contributed by atoms with E-state index in [0.717, 1.165) is 36.8 Å². The van der Waals surface area contributed by atoms with E-state index in [9.17, 15) is 24.0 Å². The Morgan fingerprint density at radius 2 is 1.18 bits per heavy atom. The van der Waals surface area contributed by atoms with Gasteiger partial charge < -0.3 is 25.6 Å². The summed E-state index contributed by atoms with van der Waals surface area (Å²) in [7, 11) is 0. The van der Waals surface area contributed by atoms with Crippen LogP contribution in [-0.2, 0) is 41.6 Å². The van der Waals surface area contributed by atoms with Crippen LogP contribution in [0.25, 0.3) is 0 Å². The Morgan fingerprint density at radius 1 is 0.636 bits per heavy atom. The fourth-order valence-corrected chi connectivity index (χ4v) is 8.13. The number of ether oxygens (including phenoxy) is 1. The lowest BCUT2D eigenvalue weighted by atomic mass is 9.96. The van der Waals surface area contributed by atoms with E-state index in [4.69, 9.17) is 4.74 Å². The van der Waals surface area contributed by atoms with Gasteiger partial charge in [-0.05, 0) is 49.7 Å². The molecule has 4 amide bonds. The van der Waals surface area contributed by atoms with Gasteiger partial charge in [-0.15, -0.1) is 0 Å². The van der Waals surface area contributed by atoms with Crippen LogP contribution in [0.1, 0.15) is 134 Å². The molecule has 3 fully saturated rings. The van der Waals surface area contributed by atoms with Gasteiger partial charge >= 0.3 is 0 Å². The largest absolute Gasteiger partial charge is 0.361 e. The zero-order valence-corrected chi connectivity index (χ0v) is 33.0. The van der Waals surface area contributed by atoms with E-state index in [1.54, 1.807) is 4.90 Å². The second-order valence-electron chi connectivity index (χ2n) is 15.9. The predicted molar refractivity (Wildman–Crippen MR) is 214 cm³/mol. The Hall–Kier alpha value is -4.05. The van der Waals surface area contributed by atoms with Crippen molar-refractivity contribution < 1.29 is 28.7 Å². The molecule has 0 bridgehead atoms. The molecule has 3 N–H and O–H groups in total. The summed E-state index contributed by atoms with van der Waals surface area (Å²) in [5.74, 6) is -1.36. The minimum Gasteiger partial charge on any atom is -0.361 e. The van der Waals surface area contributed by atoms with Gasteiger partial charge in [0.25, 0.3) is 0 Å². The Balaban J connectivity index is 1.16. The highest BCUT2D eigenvalue weighted by Crippen LogP contribution is 2.30. The highest BCUT2D eigenvalue weighted by Gasteiger charge is 2.43. The van der Waals surface area contributed by atoms with Gasteiger partial charge in [0.2, 0.25) is 23.6 Å². The van der Waals surface area contributed by atoms with Crippen LogP contribution in [0.2, 0.25) is 0 Å². The van der Waals surface area contributed by atoms with Crippen LogP contribution in [0.15, 0.2) is 60.7 Å². The number of carbonyl (C=O) groups is 5. The molecule has 3 aliphatic heterocycles. The molecule has 2 aromatic carbocycles. The maximum atomic E-state index is 14.2. The summed E-state index contributed by atoms with van der Waals surface area (Å²) >= 11 is 0. The van der Waals surface area contributed by atoms with Gasteiger partial charge in [-0.3, -0.25) is 24.0 Å². The third-order valence-corrected chi connectivity index (χ3v) is 11.4. The number of nitrogens with zero attached hydrogens (tertiary/aromatic N) is 1. The number of amides is 4. The smallest absolute Gasteiger partial charge is 0.246 e. The van der Waals surface area contributed by atoms with E-state index in [-0.39, 0.29) is 42.6 Å². The van der Waals surface area contributed by atoms with Crippen LogP contribution in [-0.4, -0.2) is 77.2 Å². The zero-order valence-electron chi connectivity index (χ0n) is 33.0. The molecule has 0 spiro atoms. The Kier molecular flexibility index (Phi) is 17.2. The van der Waals surface area contributed by atoms with E-state index in [1.165, 1.54) is 51.4 Å². The van der Waals surface area contributed by atoms with Crippen LogP contribution in [0.4, 0.5) is 0 Å². The summed E-state index contributed by atoms with van der Waals surface area (Å²) in [6, 6.07) is 15.5. The molecule has 55 heavy (non-hydrogen) atoms. The first-order valence-electron chi connectivity index (χ1n) is 21.3. The Bertz CT molecular complexity index is 1520. The van der Waals surface area contributed by atoms with Crippen LogP contribution >= 0.6 is 0 Å². The third kappa shape index (κ3) is 13.6. The molecule has 2 aromatic rings. The Morgan fingerprint density at radius 3 is 1.85 bits per heavy atom. The van der Waals surface area contributed by atoms with E-state index in [2.05, 4.69) is 22.9 Å². The quantitative estimate of drug-likeness (QED) is 0.0980. The Labute approximate surface area is 328 Å². The zero-order chi connectivity index (χ0) is 38.8. The summed E-state index contributed by atoms with van der Waals surface area (Å²) in [6.07, 6.45) is 17.5. The van der Waals surface area contributed by atoms with Gasteiger partial charge in [0, 0.05) is 25.8 Å². The summed E-state index contributed by atoms with van der Waals surface area (Å²) in [5, 5.41) is 8.90. The lowest BCUT2D eigenvalue weighted by molar-refractivity contribution is -0.146. The molecule has 10 nitrogen and oxygen atoms in total. The van der Waals surface area contributed by atoms with Gasteiger partial charge in [-0.25, -0.2) is 0 Å². The fraction of sp³-hybridized carbons (Fsp3) is 0.622. The monoisotopic (exact) mass is 756 g/mol. The molecule has 3 aliphatic rings. The number of piperidine rings is 1. The number of epoxide rings is 1. The molecule has 0 aromatic heterocycles. The molecule has 0 radical (unpaired) electrons. The molecule has 5 rings (SSSR count). The first-order valence-corrected chi connectivity index (χ1v) is 21.3. The fourth-order valence-electron chi connectivity index (χ4n) is 8.13. The van der Waals surface area contributed by atoms with Gasteiger partial charge in [0.15, 0.2) is 5.78 Å².